The van der Waals surface area contributed by atoms with Gasteiger partial charge in [-0.2, -0.15) is 0 Å². The summed E-state index contributed by atoms with van der Waals surface area (Å²) in [6, 6.07) is 6.46. The molecule has 1 aromatic heterocycles. The Hall–Kier alpha value is -2.32. The Morgan fingerprint density at radius 3 is 3.00 bits per heavy atom. The van der Waals surface area contributed by atoms with Crippen LogP contribution in [-0.4, -0.2) is 39.0 Å². The van der Waals surface area contributed by atoms with Gasteiger partial charge in [-0.3, -0.25) is 19.8 Å². The number of piperidine rings is 1. The highest BCUT2D eigenvalue weighted by molar-refractivity contribution is 7.15. The fraction of sp³-hybridized carbons (Fsp3) is 0.412. The number of nitro groups is 1. The molecule has 0 aliphatic carbocycles. The summed E-state index contributed by atoms with van der Waals surface area (Å²) < 4.78 is 0. The summed E-state index contributed by atoms with van der Waals surface area (Å²) >= 11 is 1.48. The summed E-state index contributed by atoms with van der Waals surface area (Å²) in [5, 5.41) is 21.1. The normalized spacial score (nSPS) is 21.2. The number of hydrogen-bond donors (Lipinski definition) is 1. The van der Waals surface area contributed by atoms with Crippen molar-refractivity contribution >= 4 is 23.0 Å². The van der Waals surface area contributed by atoms with Gasteiger partial charge in [-0.25, -0.2) is 4.98 Å². The number of thiazole rings is 1. The molecule has 1 aliphatic heterocycles. The zero-order chi connectivity index (χ0) is 18.0. The quantitative estimate of drug-likeness (QED) is 0.646. The fourth-order valence-electron chi connectivity index (χ4n) is 3.22. The molecule has 132 valence electrons. The van der Waals surface area contributed by atoms with Crippen LogP contribution in [0.15, 0.2) is 30.5 Å². The summed E-state index contributed by atoms with van der Waals surface area (Å²) in [5.74, 6) is -1.10. The van der Waals surface area contributed by atoms with E-state index in [0.717, 1.165) is 28.5 Å². The number of nitrogens with zero attached hydrogens (tertiary/aromatic N) is 3. The molecule has 0 saturated carbocycles. The van der Waals surface area contributed by atoms with E-state index in [9.17, 15) is 20.0 Å². The van der Waals surface area contributed by atoms with E-state index >= 15 is 0 Å². The molecule has 1 N–H and O–H groups in total. The molecule has 3 rings (SSSR count). The van der Waals surface area contributed by atoms with Crippen molar-refractivity contribution < 1.29 is 14.8 Å². The molecule has 2 aromatic rings. The van der Waals surface area contributed by atoms with Crippen LogP contribution in [0.5, 0.6) is 0 Å². The minimum absolute atomic E-state index is 0.0164. The third-order valence-corrected chi connectivity index (χ3v) is 5.77. The summed E-state index contributed by atoms with van der Waals surface area (Å²) in [7, 11) is 0. The first-order valence-electron chi connectivity index (χ1n) is 8.17. The lowest BCUT2D eigenvalue weighted by atomic mass is 9.91. The van der Waals surface area contributed by atoms with Gasteiger partial charge in [0.05, 0.1) is 21.8 Å². The van der Waals surface area contributed by atoms with Crippen LogP contribution in [0.3, 0.4) is 0 Å². The van der Waals surface area contributed by atoms with Crippen molar-refractivity contribution in [3.63, 3.8) is 0 Å². The predicted octanol–water partition coefficient (Wildman–Crippen LogP) is 3.58. The molecule has 25 heavy (non-hydrogen) atoms. The van der Waals surface area contributed by atoms with Crippen LogP contribution < -0.4 is 0 Å². The first-order valence-corrected chi connectivity index (χ1v) is 8.98. The average Bonchev–Trinajstić information content (AvgIpc) is 3.11. The largest absolute Gasteiger partial charge is 0.481 e. The van der Waals surface area contributed by atoms with Crippen LogP contribution in [0, 0.1) is 16.0 Å². The van der Waals surface area contributed by atoms with Gasteiger partial charge in [0.15, 0.2) is 0 Å². The maximum Gasteiger partial charge on any atom is 0.306 e. The summed E-state index contributed by atoms with van der Waals surface area (Å²) in [6.45, 7) is 3.63. The van der Waals surface area contributed by atoms with Crippen molar-refractivity contribution in [2.75, 3.05) is 13.1 Å². The van der Waals surface area contributed by atoms with E-state index in [-0.39, 0.29) is 17.6 Å². The van der Waals surface area contributed by atoms with Gasteiger partial charge in [0, 0.05) is 23.9 Å². The van der Waals surface area contributed by atoms with Crippen LogP contribution in [-0.2, 0) is 4.79 Å². The first kappa shape index (κ1) is 17.5. The van der Waals surface area contributed by atoms with Gasteiger partial charge in [0.1, 0.15) is 5.01 Å². The molecule has 1 saturated heterocycles. The zero-order valence-corrected chi connectivity index (χ0v) is 14.6. The Labute approximate surface area is 149 Å². The van der Waals surface area contributed by atoms with Crippen LogP contribution in [0.4, 0.5) is 5.69 Å². The Bertz CT molecular complexity index is 792. The Balaban J connectivity index is 1.87. The number of rotatable bonds is 5. The van der Waals surface area contributed by atoms with Crippen LogP contribution in [0.1, 0.15) is 30.8 Å². The maximum absolute atomic E-state index is 11.4. The molecule has 1 fully saturated rings. The average molecular weight is 361 g/mol. The van der Waals surface area contributed by atoms with Crippen LogP contribution in [0.25, 0.3) is 10.4 Å². The molecule has 0 spiro atoms. The Morgan fingerprint density at radius 2 is 2.32 bits per heavy atom. The van der Waals surface area contributed by atoms with Gasteiger partial charge in [-0.15, -0.1) is 11.3 Å². The summed E-state index contributed by atoms with van der Waals surface area (Å²) in [4.78, 5) is 29.5. The van der Waals surface area contributed by atoms with E-state index in [1.54, 1.807) is 12.3 Å². The number of likely N-dealkylation sites (tertiary alicyclic amines) is 1. The second-order valence-electron chi connectivity index (χ2n) is 6.07. The lowest BCUT2D eigenvalue weighted by Crippen LogP contribution is -2.38. The standard InChI is InChI=1S/C17H19N3O4S/c1-2-19-7-6-12(17(21)22)9-14(19)16-18-10-15(25-16)11-4-3-5-13(8-11)20(23)24/h3-5,8,10,12,14H,2,6-7,9H2,1H3,(H,21,22). The van der Waals surface area contributed by atoms with E-state index in [2.05, 4.69) is 16.8 Å². The predicted molar refractivity (Wildman–Crippen MR) is 94.6 cm³/mol. The number of benzene rings is 1. The van der Waals surface area contributed by atoms with E-state index in [0.29, 0.717) is 12.8 Å². The molecular weight excluding hydrogens is 342 g/mol. The lowest BCUT2D eigenvalue weighted by Gasteiger charge is -2.36. The molecule has 1 aliphatic rings. The van der Waals surface area contributed by atoms with Gasteiger partial charge in [0.2, 0.25) is 0 Å². The van der Waals surface area contributed by atoms with E-state index in [1.165, 1.54) is 23.5 Å². The molecule has 0 amide bonds. The number of carboxylic acids is 1. The third-order valence-electron chi connectivity index (χ3n) is 4.62. The number of non-ortho nitro benzene ring substituents is 1. The fourth-order valence-corrected chi connectivity index (χ4v) is 4.28. The van der Waals surface area contributed by atoms with Crippen molar-refractivity contribution in [1.29, 1.82) is 0 Å². The number of aromatic nitrogens is 1. The first-order chi connectivity index (χ1) is 12.0. The van der Waals surface area contributed by atoms with Crippen LogP contribution in [0.2, 0.25) is 0 Å². The smallest absolute Gasteiger partial charge is 0.306 e. The molecule has 0 radical (unpaired) electrons. The summed E-state index contributed by atoms with van der Waals surface area (Å²) in [6.07, 6.45) is 2.92. The second-order valence-corrected chi connectivity index (χ2v) is 7.14. The molecule has 1 aromatic carbocycles. The molecule has 2 unspecified atom stereocenters. The van der Waals surface area contributed by atoms with E-state index < -0.39 is 10.9 Å². The Kier molecular flexibility index (Phi) is 5.10. The van der Waals surface area contributed by atoms with E-state index in [4.69, 9.17) is 0 Å². The number of hydrogen-bond acceptors (Lipinski definition) is 6. The van der Waals surface area contributed by atoms with Crippen molar-refractivity contribution in [2.45, 2.75) is 25.8 Å². The van der Waals surface area contributed by atoms with Gasteiger partial charge in [0.25, 0.3) is 5.69 Å². The maximum atomic E-state index is 11.4. The highest BCUT2D eigenvalue weighted by Gasteiger charge is 2.34. The van der Waals surface area contributed by atoms with Crippen molar-refractivity contribution in [2.24, 2.45) is 5.92 Å². The number of carboxylic acid groups (broad SMARTS) is 1. The van der Waals surface area contributed by atoms with Gasteiger partial charge >= 0.3 is 5.97 Å². The minimum Gasteiger partial charge on any atom is -0.481 e. The van der Waals surface area contributed by atoms with Gasteiger partial charge in [-0.1, -0.05) is 19.1 Å². The molecular formula is C17H19N3O4S. The molecule has 8 heteroatoms. The van der Waals surface area contributed by atoms with Crippen LogP contribution >= 0.6 is 11.3 Å². The number of carbonyl (C=O) groups is 1. The lowest BCUT2D eigenvalue weighted by molar-refractivity contribution is -0.384. The molecule has 0 bridgehead atoms. The SMILES string of the molecule is CCN1CCC(C(=O)O)CC1c1ncc(-c2cccc([N+](=O)[O-])c2)s1. The number of aliphatic carboxylic acids is 1. The van der Waals surface area contributed by atoms with Crippen molar-refractivity contribution in [1.82, 2.24) is 9.88 Å². The zero-order valence-electron chi connectivity index (χ0n) is 13.8. The molecule has 7 nitrogen and oxygen atoms in total. The monoisotopic (exact) mass is 361 g/mol. The van der Waals surface area contributed by atoms with Gasteiger partial charge in [-0.05, 0) is 25.9 Å². The topological polar surface area (TPSA) is 96.6 Å². The highest BCUT2D eigenvalue weighted by Crippen LogP contribution is 2.38. The van der Waals surface area contributed by atoms with Crippen molar-refractivity contribution in [3.05, 3.63) is 45.6 Å². The van der Waals surface area contributed by atoms with Gasteiger partial charge < -0.3 is 5.11 Å². The van der Waals surface area contributed by atoms with Crippen molar-refractivity contribution in [3.8, 4) is 10.4 Å². The minimum atomic E-state index is -0.754. The second kappa shape index (κ2) is 7.28. The third kappa shape index (κ3) is 3.69. The number of nitro benzene ring substituents is 1. The highest BCUT2D eigenvalue weighted by atomic mass is 32.1. The van der Waals surface area contributed by atoms with E-state index in [1.807, 2.05) is 6.07 Å². The molecule has 2 atom stereocenters. The Morgan fingerprint density at radius 1 is 1.52 bits per heavy atom. The summed E-state index contributed by atoms with van der Waals surface area (Å²) in [5.41, 5.74) is 0.804. The molecule has 2 heterocycles.